The number of pyridine rings is 1. The second-order valence-corrected chi connectivity index (χ2v) is 5.62. The Hall–Kier alpha value is -2.34. The number of amides is 2. The van der Waals surface area contributed by atoms with Gasteiger partial charge in [0.2, 0.25) is 0 Å². The molecule has 0 aliphatic carbocycles. The third-order valence-electron chi connectivity index (χ3n) is 3.87. The molecular weight excluding hydrogens is 294 g/mol. The average molecular weight is 315 g/mol. The summed E-state index contributed by atoms with van der Waals surface area (Å²) < 4.78 is 11.1. The number of ether oxygens (including phenoxy) is 1. The van der Waals surface area contributed by atoms with Gasteiger partial charge in [0.05, 0.1) is 25.5 Å². The van der Waals surface area contributed by atoms with Crippen LogP contribution in [0.4, 0.5) is 4.79 Å². The molecule has 2 amide bonds. The summed E-state index contributed by atoms with van der Waals surface area (Å²) >= 11 is 0. The van der Waals surface area contributed by atoms with Gasteiger partial charge in [-0.3, -0.25) is 4.98 Å². The number of piperidine rings is 1. The summed E-state index contributed by atoms with van der Waals surface area (Å²) in [6.07, 6.45) is 7.14. The van der Waals surface area contributed by atoms with Crippen LogP contribution in [0.5, 0.6) is 0 Å². The Morgan fingerprint density at radius 2 is 2.39 bits per heavy atom. The number of hydrogen-bond acceptors (Lipinski definition) is 4. The Bertz CT molecular complexity index is 601. The highest BCUT2D eigenvalue weighted by Crippen LogP contribution is 2.15. The minimum Gasteiger partial charge on any atom is -0.467 e. The summed E-state index contributed by atoms with van der Waals surface area (Å²) in [6.45, 7) is 2.31. The number of aromatic nitrogens is 1. The number of furan rings is 1. The van der Waals surface area contributed by atoms with Crippen molar-refractivity contribution in [2.75, 3.05) is 13.1 Å². The van der Waals surface area contributed by atoms with Crippen LogP contribution in [0.25, 0.3) is 0 Å². The van der Waals surface area contributed by atoms with Gasteiger partial charge in [0, 0.05) is 25.5 Å². The van der Waals surface area contributed by atoms with Crippen molar-refractivity contribution in [1.82, 2.24) is 15.2 Å². The van der Waals surface area contributed by atoms with E-state index < -0.39 is 0 Å². The van der Waals surface area contributed by atoms with Crippen molar-refractivity contribution < 1.29 is 13.9 Å². The molecule has 2 aromatic heterocycles. The molecule has 1 aliphatic heterocycles. The number of rotatable bonds is 5. The third-order valence-corrected chi connectivity index (χ3v) is 3.87. The maximum absolute atomic E-state index is 12.2. The molecule has 1 saturated heterocycles. The smallest absolute Gasteiger partial charge is 0.317 e. The highest BCUT2D eigenvalue weighted by molar-refractivity contribution is 5.74. The zero-order chi connectivity index (χ0) is 15.9. The maximum atomic E-state index is 12.2. The molecule has 0 radical (unpaired) electrons. The summed E-state index contributed by atoms with van der Waals surface area (Å²) in [5, 5.41) is 2.88. The molecule has 1 aliphatic rings. The molecule has 6 nitrogen and oxygen atoms in total. The molecule has 1 atom stereocenters. The molecule has 3 heterocycles. The van der Waals surface area contributed by atoms with E-state index in [0.29, 0.717) is 19.7 Å². The average Bonchev–Trinajstić information content (AvgIpc) is 3.12. The summed E-state index contributed by atoms with van der Waals surface area (Å²) in [4.78, 5) is 18.1. The molecule has 0 saturated carbocycles. The van der Waals surface area contributed by atoms with Crippen LogP contribution >= 0.6 is 0 Å². The molecule has 0 bridgehead atoms. The minimum absolute atomic E-state index is 0.0679. The molecule has 0 spiro atoms. The second kappa shape index (κ2) is 7.78. The van der Waals surface area contributed by atoms with Gasteiger partial charge >= 0.3 is 6.03 Å². The van der Waals surface area contributed by atoms with Gasteiger partial charge in [0.25, 0.3) is 0 Å². The van der Waals surface area contributed by atoms with E-state index in [1.165, 1.54) is 0 Å². The zero-order valence-corrected chi connectivity index (χ0v) is 13.0. The van der Waals surface area contributed by atoms with E-state index in [1.54, 1.807) is 23.6 Å². The Balaban J connectivity index is 1.44. The van der Waals surface area contributed by atoms with Crippen molar-refractivity contribution in [2.45, 2.75) is 32.1 Å². The maximum Gasteiger partial charge on any atom is 0.317 e. The van der Waals surface area contributed by atoms with Gasteiger partial charge in [-0.1, -0.05) is 6.07 Å². The van der Waals surface area contributed by atoms with Gasteiger partial charge in [-0.05, 0) is 36.6 Å². The van der Waals surface area contributed by atoms with Crippen molar-refractivity contribution in [3.05, 3.63) is 54.2 Å². The lowest BCUT2D eigenvalue weighted by atomic mass is 10.1. The number of carbonyl (C=O) groups excluding carboxylic acids is 1. The summed E-state index contributed by atoms with van der Waals surface area (Å²) in [6, 6.07) is 7.47. The van der Waals surface area contributed by atoms with Crippen LogP contribution in [0.15, 0.2) is 47.3 Å². The van der Waals surface area contributed by atoms with E-state index in [4.69, 9.17) is 9.15 Å². The fourth-order valence-electron chi connectivity index (χ4n) is 2.64. The second-order valence-electron chi connectivity index (χ2n) is 5.62. The Kier molecular flexibility index (Phi) is 5.26. The lowest BCUT2D eigenvalue weighted by molar-refractivity contribution is -0.000493. The first kappa shape index (κ1) is 15.6. The number of hydrogen-bond donors (Lipinski definition) is 1. The number of carbonyl (C=O) groups is 1. The van der Waals surface area contributed by atoms with Crippen LogP contribution in [-0.2, 0) is 17.9 Å². The zero-order valence-electron chi connectivity index (χ0n) is 13.0. The summed E-state index contributed by atoms with van der Waals surface area (Å²) in [5.74, 6) is 0.750. The highest BCUT2D eigenvalue weighted by Gasteiger charge is 2.24. The van der Waals surface area contributed by atoms with Crippen molar-refractivity contribution in [3.8, 4) is 0 Å². The van der Waals surface area contributed by atoms with Crippen LogP contribution in [0.2, 0.25) is 0 Å². The number of nitrogens with one attached hydrogen (secondary N) is 1. The SMILES string of the molecule is O=C(NCc1ccco1)N1CCCC(OCc2cccnc2)C1. The Morgan fingerprint density at radius 3 is 3.17 bits per heavy atom. The predicted molar refractivity (Wildman–Crippen MR) is 84.6 cm³/mol. The molecule has 122 valence electrons. The molecule has 1 unspecified atom stereocenters. The first-order valence-corrected chi connectivity index (χ1v) is 7.87. The molecule has 3 rings (SSSR count). The van der Waals surface area contributed by atoms with Crippen LogP contribution in [0.1, 0.15) is 24.2 Å². The first-order chi connectivity index (χ1) is 11.3. The van der Waals surface area contributed by atoms with E-state index in [2.05, 4.69) is 10.3 Å². The predicted octanol–water partition coefficient (Wildman–Crippen LogP) is 2.57. The van der Waals surface area contributed by atoms with Crippen LogP contribution in [0, 0.1) is 0 Å². The van der Waals surface area contributed by atoms with Crippen molar-refractivity contribution in [3.63, 3.8) is 0 Å². The third kappa shape index (κ3) is 4.56. The van der Waals surface area contributed by atoms with Crippen molar-refractivity contribution >= 4 is 6.03 Å². The highest BCUT2D eigenvalue weighted by atomic mass is 16.5. The number of urea groups is 1. The van der Waals surface area contributed by atoms with E-state index >= 15 is 0 Å². The molecule has 1 fully saturated rings. The van der Waals surface area contributed by atoms with Gasteiger partial charge in [-0.2, -0.15) is 0 Å². The Morgan fingerprint density at radius 1 is 1.43 bits per heavy atom. The molecule has 2 aromatic rings. The number of nitrogens with zero attached hydrogens (tertiary/aromatic N) is 2. The fourth-order valence-corrected chi connectivity index (χ4v) is 2.64. The lowest BCUT2D eigenvalue weighted by Gasteiger charge is -2.32. The van der Waals surface area contributed by atoms with Gasteiger partial charge in [0.15, 0.2) is 0 Å². The fraction of sp³-hybridized carbons (Fsp3) is 0.412. The van der Waals surface area contributed by atoms with E-state index in [1.807, 2.05) is 24.3 Å². The summed E-state index contributed by atoms with van der Waals surface area (Å²) in [5.41, 5.74) is 1.05. The van der Waals surface area contributed by atoms with Gasteiger partial charge < -0.3 is 19.4 Å². The van der Waals surface area contributed by atoms with Crippen LogP contribution < -0.4 is 5.32 Å². The van der Waals surface area contributed by atoms with Crippen molar-refractivity contribution in [2.24, 2.45) is 0 Å². The molecular formula is C17H21N3O3. The van der Waals surface area contributed by atoms with Crippen LogP contribution in [-0.4, -0.2) is 35.1 Å². The standard InChI is InChI=1S/C17H21N3O3/c21-17(19-11-15-6-3-9-22-15)20-8-2-5-16(12-20)23-13-14-4-1-7-18-10-14/h1,3-4,6-7,9-10,16H,2,5,8,11-13H2,(H,19,21). The molecule has 23 heavy (non-hydrogen) atoms. The van der Waals surface area contributed by atoms with Gasteiger partial charge in [0.1, 0.15) is 5.76 Å². The van der Waals surface area contributed by atoms with E-state index in [9.17, 15) is 4.79 Å². The topological polar surface area (TPSA) is 67.6 Å². The normalized spacial score (nSPS) is 17.9. The van der Waals surface area contributed by atoms with Gasteiger partial charge in [-0.25, -0.2) is 4.79 Å². The van der Waals surface area contributed by atoms with Crippen LogP contribution in [0.3, 0.4) is 0 Å². The van der Waals surface area contributed by atoms with Crippen molar-refractivity contribution in [1.29, 1.82) is 0 Å². The summed E-state index contributed by atoms with van der Waals surface area (Å²) in [7, 11) is 0. The van der Waals surface area contributed by atoms with E-state index in [-0.39, 0.29) is 12.1 Å². The van der Waals surface area contributed by atoms with E-state index in [0.717, 1.165) is 30.7 Å². The van der Waals surface area contributed by atoms with Gasteiger partial charge in [-0.15, -0.1) is 0 Å². The largest absolute Gasteiger partial charge is 0.467 e. The number of likely N-dealkylation sites (tertiary alicyclic amines) is 1. The Labute approximate surface area is 135 Å². The monoisotopic (exact) mass is 315 g/mol. The quantitative estimate of drug-likeness (QED) is 0.921. The first-order valence-electron chi connectivity index (χ1n) is 7.87. The molecule has 0 aromatic carbocycles. The molecule has 6 heteroatoms. The molecule has 1 N–H and O–H groups in total. The lowest BCUT2D eigenvalue weighted by Crippen LogP contribution is -2.47. The minimum atomic E-state index is -0.0731.